The molecule has 1 fully saturated rings. The maximum absolute atomic E-state index is 13.1. The van der Waals surface area contributed by atoms with Crippen LogP contribution in [0.3, 0.4) is 0 Å². The van der Waals surface area contributed by atoms with Gasteiger partial charge in [0, 0.05) is 29.5 Å². The lowest BCUT2D eigenvalue weighted by molar-refractivity contribution is -0.274. The summed E-state index contributed by atoms with van der Waals surface area (Å²) in [6, 6.07) is 12.2. The fourth-order valence-electron chi connectivity index (χ4n) is 3.58. The van der Waals surface area contributed by atoms with Crippen molar-refractivity contribution in [2.45, 2.75) is 25.9 Å². The van der Waals surface area contributed by atoms with E-state index >= 15 is 0 Å². The van der Waals surface area contributed by atoms with Crippen molar-refractivity contribution in [3.8, 4) is 16.9 Å². The van der Waals surface area contributed by atoms with Crippen molar-refractivity contribution >= 4 is 29.2 Å². The summed E-state index contributed by atoms with van der Waals surface area (Å²) < 4.78 is 41.0. The zero-order chi connectivity index (χ0) is 23.8. The number of carbonyl (C=O) groups excluding carboxylic acids is 2. The molecule has 3 amide bonds. The maximum atomic E-state index is 13.1. The van der Waals surface area contributed by atoms with E-state index in [9.17, 15) is 22.8 Å². The molecule has 1 unspecified atom stereocenters. The lowest BCUT2D eigenvalue weighted by atomic mass is 10.0. The van der Waals surface area contributed by atoms with Crippen LogP contribution in [0.25, 0.3) is 11.1 Å². The van der Waals surface area contributed by atoms with E-state index in [0.29, 0.717) is 5.02 Å². The number of carbonyl (C=O) groups is 2. The number of pyridine rings is 1. The topological polar surface area (TPSA) is 62.7 Å². The molecule has 1 aliphatic heterocycles. The molecular formula is C23H17ClF3N3O3. The minimum atomic E-state index is -4.83. The van der Waals surface area contributed by atoms with Crippen molar-refractivity contribution in [2.24, 2.45) is 0 Å². The van der Waals surface area contributed by atoms with Gasteiger partial charge in [-0.1, -0.05) is 23.7 Å². The minimum Gasteiger partial charge on any atom is -0.406 e. The molecule has 2 heterocycles. The number of halogens is 4. The van der Waals surface area contributed by atoms with Gasteiger partial charge in [0.25, 0.3) is 5.91 Å². The lowest BCUT2D eigenvalue weighted by Crippen LogP contribution is -2.33. The first-order valence-corrected chi connectivity index (χ1v) is 10.2. The number of imide groups is 1. The molecular weight excluding hydrogens is 459 g/mol. The molecule has 6 nitrogen and oxygen atoms in total. The number of hydrogen-bond acceptors (Lipinski definition) is 4. The number of anilines is 1. The highest BCUT2D eigenvalue weighted by Gasteiger charge is 2.43. The third-order valence-electron chi connectivity index (χ3n) is 5.22. The SMILES string of the molecule is CC1C(=O)N(c2ccc(OC(F)(F)F)cc2)C(=O)N1Cc1ccncc1-c1ccc(Cl)cc1. The van der Waals surface area contributed by atoms with Crippen LogP contribution in [0.1, 0.15) is 12.5 Å². The van der Waals surface area contributed by atoms with E-state index < -0.39 is 30.1 Å². The van der Waals surface area contributed by atoms with E-state index in [1.165, 1.54) is 17.0 Å². The first-order valence-electron chi connectivity index (χ1n) is 9.83. The molecule has 1 aliphatic rings. The Bertz CT molecular complexity index is 1180. The van der Waals surface area contributed by atoms with E-state index in [1.807, 2.05) is 12.1 Å². The quantitative estimate of drug-likeness (QED) is 0.447. The van der Waals surface area contributed by atoms with Gasteiger partial charge in [-0.3, -0.25) is 9.78 Å². The Labute approximate surface area is 192 Å². The highest BCUT2D eigenvalue weighted by molar-refractivity contribution is 6.30. The van der Waals surface area contributed by atoms with E-state index in [4.69, 9.17) is 11.6 Å². The second-order valence-electron chi connectivity index (χ2n) is 7.34. The average molecular weight is 476 g/mol. The van der Waals surface area contributed by atoms with Crippen LogP contribution in [-0.4, -0.2) is 34.2 Å². The Hall–Kier alpha value is -3.59. The summed E-state index contributed by atoms with van der Waals surface area (Å²) in [5.74, 6) is -0.925. The van der Waals surface area contributed by atoms with Crippen LogP contribution >= 0.6 is 11.6 Å². The van der Waals surface area contributed by atoms with Gasteiger partial charge in [-0.05, 0) is 60.5 Å². The molecule has 0 radical (unpaired) electrons. The zero-order valence-electron chi connectivity index (χ0n) is 17.2. The van der Waals surface area contributed by atoms with Crippen molar-refractivity contribution in [2.75, 3.05) is 4.90 Å². The lowest BCUT2D eigenvalue weighted by Gasteiger charge is -2.21. The minimum absolute atomic E-state index is 0.137. The van der Waals surface area contributed by atoms with Gasteiger partial charge in [0.1, 0.15) is 11.8 Å². The Morgan fingerprint density at radius 1 is 1.03 bits per heavy atom. The van der Waals surface area contributed by atoms with Gasteiger partial charge < -0.3 is 9.64 Å². The van der Waals surface area contributed by atoms with E-state index in [-0.39, 0.29) is 12.2 Å². The molecule has 4 rings (SSSR count). The summed E-state index contributed by atoms with van der Waals surface area (Å²) in [6.45, 7) is 1.74. The van der Waals surface area contributed by atoms with Gasteiger partial charge in [-0.25, -0.2) is 9.69 Å². The molecule has 10 heteroatoms. The molecule has 2 aromatic carbocycles. The highest BCUT2D eigenvalue weighted by atomic mass is 35.5. The molecule has 0 saturated carbocycles. The Balaban J connectivity index is 1.58. The summed E-state index contributed by atoms with van der Waals surface area (Å²) in [4.78, 5) is 32.5. The predicted octanol–water partition coefficient (Wildman–Crippen LogP) is 5.66. The highest BCUT2D eigenvalue weighted by Crippen LogP contribution is 2.32. The summed E-state index contributed by atoms with van der Waals surface area (Å²) in [6.07, 6.45) is -1.57. The summed E-state index contributed by atoms with van der Waals surface area (Å²) in [5.41, 5.74) is 2.57. The van der Waals surface area contributed by atoms with Crippen molar-refractivity contribution in [3.05, 3.63) is 77.6 Å². The normalized spacial score (nSPS) is 16.5. The number of benzene rings is 2. The van der Waals surface area contributed by atoms with Gasteiger partial charge in [-0.15, -0.1) is 13.2 Å². The van der Waals surface area contributed by atoms with Crippen molar-refractivity contribution < 1.29 is 27.5 Å². The van der Waals surface area contributed by atoms with Crippen LogP contribution in [0.15, 0.2) is 67.0 Å². The Morgan fingerprint density at radius 2 is 1.70 bits per heavy atom. The molecule has 0 aliphatic carbocycles. The summed E-state index contributed by atoms with van der Waals surface area (Å²) in [7, 11) is 0. The number of hydrogen-bond donors (Lipinski definition) is 0. The number of ether oxygens (including phenoxy) is 1. The molecule has 1 saturated heterocycles. The van der Waals surface area contributed by atoms with Crippen LogP contribution < -0.4 is 9.64 Å². The third kappa shape index (κ3) is 4.78. The maximum Gasteiger partial charge on any atom is 0.573 e. The van der Waals surface area contributed by atoms with Crippen molar-refractivity contribution in [1.29, 1.82) is 0 Å². The summed E-state index contributed by atoms with van der Waals surface area (Å²) >= 11 is 5.97. The number of rotatable bonds is 5. The van der Waals surface area contributed by atoms with E-state index in [2.05, 4.69) is 9.72 Å². The monoisotopic (exact) mass is 475 g/mol. The fraction of sp³-hybridized carbons (Fsp3) is 0.174. The molecule has 1 aromatic heterocycles. The van der Waals surface area contributed by atoms with E-state index in [1.54, 1.807) is 37.5 Å². The molecule has 170 valence electrons. The largest absolute Gasteiger partial charge is 0.573 e. The molecule has 0 N–H and O–H groups in total. The second kappa shape index (κ2) is 8.74. The van der Waals surface area contributed by atoms with Gasteiger partial charge in [0.05, 0.1) is 5.69 Å². The zero-order valence-corrected chi connectivity index (χ0v) is 18.0. The van der Waals surface area contributed by atoms with Crippen LogP contribution in [0.4, 0.5) is 23.7 Å². The molecule has 33 heavy (non-hydrogen) atoms. The van der Waals surface area contributed by atoms with Crippen LogP contribution in [-0.2, 0) is 11.3 Å². The van der Waals surface area contributed by atoms with Gasteiger partial charge in [0.2, 0.25) is 0 Å². The number of urea groups is 1. The number of alkyl halides is 3. The van der Waals surface area contributed by atoms with Crippen LogP contribution in [0.5, 0.6) is 5.75 Å². The number of nitrogens with zero attached hydrogens (tertiary/aromatic N) is 3. The predicted molar refractivity (Wildman–Crippen MR) is 116 cm³/mol. The third-order valence-corrected chi connectivity index (χ3v) is 5.47. The van der Waals surface area contributed by atoms with Crippen molar-refractivity contribution in [1.82, 2.24) is 9.88 Å². The molecule has 3 aromatic rings. The second-order valence-corrected chi connectivity index (χ2v) is 7.78. The Morgan fingerprint density at radius 3 is 2.33 bits per heavy atom. The number of amides is 3. The molecule has 0 spiro atoms. The number of aromatic nitrogens is 1. The van der Waals surface area contributed by atoms with Crippen molar-refractivity contribution in [3.63, 3.8) is 0 Å². The van der Waals surface area contributed by atoms with Gasteiger partial charge >= 0.3 is 12.4 Å². The van der Waals surface area contributed by atoms with Gasteiger partial charge in [-0.2, -0.15) is 0 Å². The average Bonchev–Trinajstić information content (AvgIpc) is 2.98. The summed E-state index contributed by atoms with van der Waals surface area (Å²) in [5, 5.41) is 0.584. The molecule has 0 bridgehead atoms. The van der Waals surface area contributed by atoms with Crippen LogP contribution in [0.2, 0.25) is 5.02 Å². The fourth-order valence-corrected chi connectivity index (χ4v) is 3.71. The molecule has 1 atom stereocenters. The van der Waals surface area contributed by atoms with E-state index in [0.717, 1.165) is 33.7 Å². The van der Waals surface area contributed by atoms with Gasteiger partial charge in [0.15, 0.2) is 0 Å². The first kappa shape index (κ1) is 22.6. The standard InChI is InChI=1S/C23H17ClF3N3O3/c1-14-21(31)30(18-6-8-19(9-7-18)33-23(25,26)27)22(32)29(14)13-16-10-11-28-12-20(16)15-2-4-17(24)5-3-15/h2-12,14H,13H2,1H3. The Kier molecular flexibility index (Phi) is 5.99. The first-order chi connectivity index (χ1) is 15.6. The van der Waals surface area contributed by atoms with Crippen LogP contribution in [0, 0.1) is 0 Å². The smallest absolute Gasteiger partial charge is 0.406 e.